The summed E-state index contributed by atoms with van der Waals surface area (Å²) in [6.07, 6.45) is 3.66. The van der Waals surface area contributed by atoms with Crippen LogP contribution in [0.2, 0.25) is 0 Å². The van der Waals surface area contributed by atoms with Gasteiger partial charge in [0, 0.05) is 48.9 Å². The van der Waals surface area contributed by atoms with Crippen molar-refractivity contribution in [3.05, 3.63) is 94.4 Å². The molecule has 2 aromatic carbocycles. The Morgan fingerprint density at radius 3 is 2.29 bits per heavy atom. The maximum atomic E-state index is 14.2. The highest BCUT2D eigenvalue weighted by Crippen LogP contribution is 2.38. The number of hydrogen-bond donors (Lipinski definition) is 1. The predicted molar refractivity (Wildman–Crippen MR) is 144 cm³/mol. The van der Waals surface area contributed by atoms with Gasteiger partial charge in [-0.1, -0.05) is 0 Å². The van der Waals surface area contributed by atoms with Crippen molar-refractivity contribution in [2.24, 2.45) is 0 Å². The zero-order chi connectivity index (χ0) is 28.9. The van der Waals surface area contributed by atoms with E-state index in [9.17, 15) is 27.2 Å². The molecular formula is C28H21BrF4N6O2. The first kappa shape index (κ1) is 26.9. The Morgan fingerprint density at radius 1 is 0.976 bits per heavy atom. The number of hydrogen-bond acceptors (Lipinski definition) is 5. The maximum Gasteiger partial charge on any atom is 0.275 e. The minimum Gasteiger partial charge on any atom is -0.339 e. The van der Waals surface area contributed by atoms with E-state index >= 15 is 0 Å². The van der Waals surface area contributed by atoms with E-state index in [4.69, 9.17) is 0 Å². The molecular weight excluding hydrogens is 608 g/mol. The van der Waals surface area contributed by atoms with Crippen molar-refractivity contribution in [1.29, 1.82) is 0 Å². The van der Waals surface area contributed by atoms with Gasteiger partial charge in [0.1, 0.15) is 11.4 Å². The van der Waals surface area contributed by atoms with Crippen molar-refractivity contribution in [2.45, 2.75) is 18.4 Å². The number of amides is 2. The first-order chi connectivity index (χ1) is 19.7. The SMILES string of the molecule is O=C(c1nn(-c2cc(F)c(F)c(F)c2)c(-c2cccnc2)c1Br)N1CCC2(CC1)C(=O)NCN2c1ccc(F)cc1. The van der Waals surface area contributed by atoms with Crippen LogP contribution in [0.5, 0.6) is 0 Å². The molecule has 41 heavy (non-hydrogen) atoms. The molecule has 0 radical (unpaired) electrons. The fourth-order valence-electron chi connectivity index (χ4n) is 5.41. The van der Waals surface area contributed by atoms with Crippen LogP contribution >= 0.6 is 15.9 Å². The van der Waals surface area contributed by atoms with Crippen molar-refractivity contribution in [3.63, 3.8) is 0 Å². The Hall–Kier alpha value is -4.26. The topological polar surface area (TPSA) is 83.4 Å². The number of likely N-dealkylation sites (tertiary alicyclic amines) is 1. The van der Waals surface area contributed by atoms with E-state index in [1.165, 1.54) is 18.3 Å². The van der Waals surface area contributed by atoms with E-state index in [1.54, 1.807) is 35.4 Å². The van der Waals surface area contributed by atoms with Gasteiger partial charge < -0.3 is 15.1 Å². The van der Waals surface area contributed by atoms with Crippen LogP contribution < -0.4 is 10.2 Å². The average Bonchev–Trinajstić information content (AvgIpc) is 3.49. The second-order valence-corrected chi connectivity index (χ2v) is 10.6. The fourth-order valence-corrected chi connectivity index (χ4v) is 6.06. The van der Waals surface area contributed by atoms with Crippen LogP contribution in [0.3, 0.4) is 0 Å². The lowest BCUT2D eigenvalue weighted by molar-refractivity contribution is -0.124. The molecule has 4 aromatic rings. The van der Waals surface area contributed by atoms with Gasteiger partial charge in [-0.15, -0.1) is 0 Å². The van der Waals surface area contributed by atoms with Gasteiger partial charge in [0.2, 0.25) is 5.91 Å². The maximum absolute atomic E-state index is 14.2. The van der Waals surface area contributed by atoms with Crippen molar-refractivity contribution >= 4 is 33.4 Å². The molecule has 2 saturated heterocycles. The van der Waals surface area contributed by atoms with Gasteiger partial charge in [-0.2, -0.15) is 5.10 Å². The largest absolute Gasteiger partial charge is 0.339 e. The molecule has 0 saturated carbocycles. The summed E-state index contributed by atoms with van der Waals surface area (Å²) in [7, 11) is 0. The molecule has 0 aliphatic carbocycles. The van der Waals surface area contributed by atoms with Gasteiger partial charge in [0.25, 0.3) is 5.91 Å². The quantitative estimate of drug-likeness (QED) is 0.259. The Morgan fingerprint density at radius 2 is 1.66 bits per heavy atom. The lowest BCUT2D eigenvalue weighted by Crippen LogP contribution is -2.57. The predicted octanol–water partition coefficient (Wildman–Crippen LogP) is 4.82. The Kier molecular flexibility index (Phi) is 6.76. The highest BCUT2D eigenvalue weighted by Gasteiger charge is 2.51. The van der Waals surface area contributed by atoms with Crippen molar-refractivity contribution in [3.8, 4) is 16.9 Å². The summed E-state index contributed by atoms with van der Waals surface area (Å²) < 4.78 is 56.9. The molecule has 1 spiro atoms. The van der Waals surface area contributed by atoms with E-state index in [0.29, 0.717) is 24.1 Å². The fraction of sp³-hybridized carbons (Fsp3) is 0.214. The number of nitrogens with one attached hydrogen (secondary N) is 1. The number of aromatic nitrogens is 3. The molecule has 8 nitrogen and oxygen atoms in total. The van der Waals surface area contributed by atoms with Gasteiger partial charge in [-0.25, -0.2) is 22.2 Å². The molecule has 2 aromatic heterocycles. The van der Waals surface area contributed by atoms with E-state index < -0.39 is 28.9 Å². The lowest BCUT2D eigenvalue weighted by atomic mass is 9.85. The van der Waals surface area contributed by atoms with E-state index in [-0.39, 0.29) is 53.0 Å². The molecule has 2 amide bonds. The molecule has 0 unspecified atom stereocenters. The van der Waals surface area contributed by atoms with Crippen LogP contribution in [0.4, 0.5) is 23.2 Å². The van der Waals surface area contributed by atoms with Crippen LogP contribution in [0, 0.1) is 23.3 Å². The Bertz CT molecular complexity index is 1630. The van der Waals surface area contributed by atoms with E-state index in [0.717, 1.165) is 16.8 Å². The van der Waals surface area contributed by atoms with Crippen LogP contribution in [0.15, 0.2) is 65.4 Å². The summed E-state index contributed by atoms with van der Waals surface area (Å²) in [6, 6.07) is 10.8. The van der Waals surface area contributed by atoms with Gasteiger partial charge in [0.05, 0.1) is 22.5 Å². The van der Waals surface area contributed by atoms with E-state index in [2.05, 4.69) is 31.3 Å². The highest BCUT2D eigenvalue weighted by atomic mass is 79.9. The number of carbonyl (C=O) groups is 2. The zero-order valence-electron chi connectivity index (χ0n) is 21.3. The molecule has 2 fully saturated rings. The average molecular weight is 629 g/mol. The van der Waals surface area contributed by atoms with Crippen LogP contribution in [0.25, 0.3) is 16.9 Å². The second kappa shape index (κ2) is 10.3. The van der Waals surface area contributed by atoms with Crippen LogP contribution in [-0.2, 0) is 4.79 Å². The van der Waals surface area contributed by atoms with Crippen molar-refractivity contribution in [2.75, 3.05) is 24.7 Å². The number of anilines is 1. The first-order valence-corrected chi connectivity index (χ1v) is 13.4. The minimum atomic E-state index is -1.62. The molecule has 2 aliphatic heterocycles. The number of nitrogens with zero attached hydrogens (tertiary/aromatic N) is 5. The third kappa shape index (κ3) is 4.53. The summed E-state index contributed by atoms with van der Waals surface area (Å²) in [4.78, 5) is 34.3. The molecule has 210 valence electrons. The van der Waals surface area contributed by atoms with Gasteiger partial charge in [-0.05, 0) is 65.2 Å². The molecule has 0 bridgehead atoms. The molecule has 2 aliphatic rings. The Labute approximate surface area is 239 Å². The van der Waals surface area contributed by atoms with Crippen LogP contribution in [-0.4, -0.2) is 56.8 Å². The normalized spacial score (nSPS) is 16.4. The third-order valence-corrected chi connectivity index (χ3v) is 8.28. The number of rotatable bonds is 4. The molecule has 13 heteroatoms. The summed E-state index contributed by atoms with van der Waals surface area (Å²) in [5, 5.41) is 7.25. The number of benzene rings is 2. The standard InChI is InChI=1S/C28H21BrF4N6O2/c29-22-24(36-39(25(22)16-2-1-9-34-14-16)19-12-20(31)23(33)21(32)13-19)26(40)37-10-7-28(8-11-37)27(41)35-15-38(28)18-5-3-17(30)4-6-18/h1-6,9,12-14H,7-8,10-11,15H2,(H,35,41). The minimum absolute atomic E-state index is 0.0313. The van der Waals surface area contributed by atoms with Crippen LogP contribution in [0.1, 0.15) is 23.3 Å². The Balaban J connectivity index is 1.32. The van der Waals surface area contributed by atoms with Gasteiger partial charge >= 0.3 is 0 Å². The molecule has 1 N–H and O–H groups in total. The first-order valence-electron chi connectivity index (χ1n) is 12.6. The second-order valence-electron chi connectivity index (χ2n) is 9.78. The highest BCUT2D eigenvalue weighted by molar-refractivity contribution is 9.10. The van der Waals surface area contributed by atoms with E-state index in [1.807, 2.05) is 4.90 Å². The van der Waals surface area contributed by atoms with Crippen molar-refractivity contribution in [1.82, 2.24) is 25.0 Å². The monoisotopic (exact) mass is 628 g/mol. The molecule has 4 heterocycles. The number of piperidine rings is 1. The summed E-state index contributed by atoms with van der Waals surface area (Å²) in [5.41, 5.74) is 0.399. The molecule has 0 atom stereocenters. The van der Waals surface area contributed by atoms with Crippen molar-refractivity contribution < 1.29 is 27.2 Å². The lowest BCUT2D eigenvalue weighted by Gasteiger charge is -2.43. The number of halogens is 5. The number of carbonyl (C=O) groups excluding carboxylic acids is 2. The summed E-state index contributed by atoms with van der Waals surface area (Å²) >= 11 is 3.45. The summed E-state index contributed by atoms with van der Waals surface area (Å²) in [5.74, 6) is -5.45. The smallest absolute Gasteiger partial charge is 0.275 e. The van der Waals surface area contributed by atoms with Gasteiger partial charge in [-0.3, -0.25) is 14.6 Å². The third-order valence-electron chi connectivity index (χ3n) is 7.53. The van der Waals surface area contributed by atoms with Gasteiger partial charge in [0.15, 0.2) is 23.1 Å². The molecule has 6 rings (SSSR count). The number of pyridine rings is 1. The zero-order valence-corrected chi connectivity index (χ0v) is 22.8. The summed E-state index contributed by atoms with van der Waals surface area (Å²) in [6.45, 7) is 0.685.